The molecule has 1 heterocycles. The lowest BCUT2D eigenvalue weighted by Crippen LogP contribution is -2.25. The summed E-state index contributed by atoms with van der Waals surface area (Å²) in [5, 5.41) is 10.5. The first-order chi connectivity index (χ1) is 12.6. The highest BCUT2D eigenvalue weighted by molar-refractivity contribution is 5.94. The number of halogens is 2. The van der Waals surface area contributed by atoms with Crippen molar-refractivity contribution in [3.63, 3.8) is 0 Å². The maximum atomic E-state index is 13.1. The molecule has 1 amide bonds. The molecule has 2 aromatic carbocycles. The minimum absolute atomic E-state index is 0.0338. The van der Waals surface area contributed by atoms with Gasteiger partial charge >= 0.3 is 0 Å². The van der Waals surface area contributed by atoms with Gasteiger partial charge in [0.05, 0.1) is 7.11 Å². The molecule has 0 atom stereocenters. The molecule has 0 fully saturated rings. The molecule has 0 bridgehead atoms. The van der Waals surface area contributed by atoms with Gasteiger partial charge in [-0.05, 0) is 36.4 Å². The molecule has 3 rings (SSSR count). The van der Waals surface area contributed by atoms with Crippen LogP contribution in [0.1, 0.15) is 16.2 Å². The normalized spacial score (nSPS) is 10.6. The molecular weight excluding hydrogens is 344 g/mol. The van der Waals surface area contributed by atoms with Crippen LogP contribution in [0.5, 0.6) is 5.75 Å². The van der Waals surface area contributed by atoms with E-state index in [4.69, 9.17) is 9.15 Å². The molecule has 0 spiro atoms. The van der Waals surface area contributed by atoms with E-state index in [1.54, 1.807) is 25.3 Å². The van der Waals surface area contributed by atoms with Crippen LogP contribution in [0.3, 0.4) is 0 Å². The molecular formula is C18H15F2N3O3. The van der Waals surface area contributed by atoms with Gasteiger partial charge in [-0.3, -0.25) is 4.79 Å². The summed E-state index contributed by atoms with van der Waals surface area (Å²) in [6, 6.07) is 10.1. The first-order valence-corrected chi connectivity index (χ1v) is 7.77. The number of methoxy groups -OCH3 is 1. The summed E-state index contributed by atoms with van der Waals surface area (Å²) in [5.74, 6) is -1.24. The summed E-state index contributed by atoms with van der Waals surface area (Å²) in [4.78, 5) is 11.9. The minimum atomic E-state index is -1.07. The highest BCUT2D eigenvalue weighted by atomic mass is 19.2. The number of rotatable bonds is 6. The van der Waals surface area contributed by atoms with Crippen LogP contribution in [0.15, 0.2) is 46.9 Å². The Morgan fingerprint density at radius 2 is 2.00 bits per heavy atom. The monoisotopic (exact) mass is 359 g/mol. The van der Waals surface area contributed by atoms with Crippen molar-refractivity contribution in [2.75, 3.05) is 13.7 Å². The van der Waals surface area contributed by atoms with E-state index in [0.29, 0.717) is 29.5 Å². The predicted molar refractivity (Wildman–Crippen MR) is 88.7 cm³/mol. The number of hydrogen-bond acceptors (Lipinski definition) is 5. The Balaban J connectivity index is 1.58. The Morgan fingerprint density at radius 3 is 2.77 bits per heavy atom. The average molecular weight is 359 g/mol. The number of benzene rings is 2. The lowest BCUT2D eigenvalue weighted by atomic mass is 10.2. The molecule has 26 heavy (non-hydrogen) atoms. The molecule has 1 N–H and O–H groups in total. The second-order valence-electron chi connectivity index (χ2n) is 5.37. The van der Waals surface area contributed by atoms with E-state index in [1.165, 1.54) is 6.07 Å². The molecule has 8 heteroatoms. The van der Waals surface area contributed by atoms with E-state index in [1.807, 2.05) is 6.07 Å². The van der Waals surface area contributed by atoms with Crippen molar-refractivity contribution in [2.45, 2.75) is 6.42 Å². The van der Waals surface area contributed by atoms with Gasteiger partial charge in [0.1, 0.15) is 5.75 Å². The molecule has 0 aliphatic carbocycles. The lowest BCUT2D eigenvalue weighted by Gasteiger charge is -2.04. The molecule has 1 aromatic heterocycles. The molecule has 0 saturated carbocycles. The topological polar surface area (TPSA) is 77.3 Å². The zero-order valence-corrected chi connectivity index (χ0v) is 13.8. The third-order valence-electron chi connectivity index (χ3n) is 3.59. The number of ether oxygens (including phenoxy) is 1. The van der Waals surface area contributed by atoms with Crippen LogP contribution in [0.25, 0.3) is 11.5 Å². The van der Waals surface area contributed by atoms with Gasteiger partial charge in [-0.25, -0.2) is 8.78 Å². The number of carbonyl (C=O) groups excluding carboxylic acids is 1. The zero-order chi connectivity index (χ0) is 18.5. The first kappa shape index (κ1) is 17.5. The van der Waals surface area contributed by atoms with Crippen molar-refractivity contribution in [3.05, 3.63) is 65.6 Å². The summed E-state index contributed by atoms with van der Waals surface area (Å²) >= 11 is 0. The van der Waals surface area contributed by atoms with E-state index in [9.17, 15) is 13.6 Å². The second kappa shape index (κ2) is 7.73. The molecule has 6 nitrogen and oxygen atoms in total. The van der Waals surface area contributed by atoms with Gasteiger partial charge in [-0.15, -0.1) is 10.2 Å². The van der Waals surface area contributed by atoms with E-state index >= 15 is 0 Å². The number of nitrogens with one attached hydrogen (secondary N) is 1. The van der Waals surface area contributed by atoms with Crippen molar-refractivity contribution >= 4 is 5.91 Å². The second-order valence-corrected chi connectivity index (χ2v) is 5.37. The standard InChI is InChI=1S/C18H15F2N3O3/c1-25-13-4-2-3-12(9-13)18-23-22-16(26-18)7-8-21-17(24)11-5-6-14(19)15(20)10-11/h2-6,9-10H,7-8H2,1H3,(H,21,24). The summed E-state index contributed by atoms with van der Waals surface area (Å²) in [7, 11) is 1.56. The summed E-state index contributed by atoms with van der Waals surface area (Å²) < 4.78 is 36.7. The fraction of sp³-hybridized carbons (Fsp3) is 0.167. The Hall–Kier alpha value is -3.29. The smallest absolute Gasteiger partial charge is 0.251 e. The first-order valence-electron chi connectivity index (χ1n) is 7.77. The maximum Gasteiger partial charge on any atom is 0.251 e. The predicted octanol–water partition coefficient (Wildman–Crippen LogP) is 3.00. The highest BCUT2D eigenvalue weighted by Gasteiger charge is 2.12. The van der Waals surface area contributed by atoms with Crippen LogP contribution >= 0.6 is 0 Å². The number of aromatic nitrogens is 2. The highest BCUT2D eigenvalue weighted by Crippen LogP contribution is 2.22. The van der Waals surface area contributed by atoms with E-state index in [2.05, 4.69) is 15.5 Å². The number of carbonyl (C=O) groups is 1. The third kappa shape index (κ3) is 4.02. The van der Waals surface area contributed by atoms with Crippen molar-refractivity contribution in [1.82, 2.24) is 15.5 Å². The van der Waals surface area contributed by atoms with Crippen molar-refractivity contribution in [1.29, 1.82) is 0 Å². The Bertz CT molecular complexity index is 928. The van der Waals surface area contributed by atoms with E-state index in [-0.39, 0.29) is 12.1 Å². The van der Waals surface area contributed by atoms with E-state index < -0.39 is 17.5 Å². The maximum absolute atomic E-state index is 13.1. The SMILES string of the molecule is COc1cccc(-c2nnc(CCNC(=O)c3ccc(F)c(F)c3)o2)c1. The largest absolute Gasteiger partial charge is 0.497 e. The van der Waals surface area contributed by atoms with Crippen LogP contribution in [0.2, 0.25) is 0 Å². The van der Waals surface area contributed by atoms with Crippen molar-refractivity contribution < 1.29 is 22.7 Å². The zero-order valence-electron chi connectivity index (χ0n) is 13.8. The van der Waals surface area contributed by atoms with Crippen LogP contribution in [0, 0.1) is 11.6 Å². The van der Waals surface area contributed by atoms with Crippen LogP contribution in [-0.4, -0.2) is 29.8 Å². The fourth-order valence-electron chi connectivity index (χ4n) is 2.25. The van der Waals surface area contributed by atoms with Crippen LogP contribution in [-0.2, 0) is 6.42 Å². The van der Waals surface area contributed by atoms with Gasteiger partial charge in [0.2, 0.25) is 11.8 Å². The molecule has 0 saturated heterocycles. The minimum Gasteiger partial charge on any atom is -0.497 e. The third-order valence-corrected chi connectivity index (χ3v) is 3.59. The van der Waals surface area contributed by atoms with Gasteiger partial charge in [0.15, 0.2) is 11.6 Å². The number of amides is 1. The van der Waals surface area contributed by atoms with Gasteiger partial charge in [-0.2, -0.15) is 0 Å². The van der Waals surface area contributed by atoms with Crippen molar-refractivity contribution in [3.8, 4) is 17.2 Å². The molecule has 134 valence electrons. The number of nitrogens with zero attached hydrogens (tertiary/aromatic N) is 2. The Morgan fingerprint density at radius 1 is 1.15 bits per heavy atom. The van der Waals surface area contributed by atoms with Gasteiger partial charge in [0.25, 0.3) is 5.91 Å². The Labute approximate surface area is 147 Å². The summed E-state index contributed by atoms with van der Waals surface area (Å²) in [6.07, 6.45) is 0.298. The van der Waals surface area contributed by atoms with Crippen molar-refractivity contribution in [2.24, 2.45) is 0 Å². The van der Waals surface area contributed by atoms with E-state index in [0.717, 1.165) is 12.1 Å². The molecule has 3 aromatic rings. The van der Waals surface area contributed by atoms with Crippen LogP contribution in [0.4, 0.5) is 8.78 Å². The van der Waals surface area contributed by atoms with Gasteiger partial charge in [-0.1, -0.05) is 6.07 Å². The molecule has 0 aliphatic heterocycles. The van der Waals surface area contributed by atoms with Gasteiger partial charge in [0, 0.05) is 24.1 Å². The quantitative estimate of drug-likeness (QED) is 0.732. The molecule has 0 unspecified atom stereocenters. The Kier molecular flexibility index (Phi) is 5.21. The summed E-state index contributed by atoms with van der Waals surface area (Å²) in [5.41, 5.74) is 0.750. The molecule has 0 aliphatic rings. The van der Waals surface area contributed by atoms with Gasteiger partial charge < -0.3 is 14.5 Å². The van der Waals surface area contributed by atoms with Crippen LogP contribution < -0.4 is 10.1 Å². The summed E-state index contributed by atoms with van der Waals surface area (Å²) in [6.45, 7) is 0.206. The fourth-order valence-corrected chi connectivity index (χ4v) is 2.25. The molecule has 0 radical (unpaired) electrons. The average Bonchev–Trinajstić information content (AvgIpc) is 3.13. The number of hydrogen-bond donors (Lipinski definition) is 1. The lowest BCUT2D eigenvalue weighted by molar-refractivity contribution is 0.0953.